The van der Waals surface area contributed by atoms with Gasteiger partial charge in [0.2, 0.25) is 5.91 Å². The summed E-state index contributed by atoms with van der Waals surface area (Å²) >= 11 is 0. The molecule has 0 saturated carbocycles. The van der Waals surface area contributed by atoms with Crippen LogP contribution in [-0.2, 0) is 16.1 Å². The van der Waals surface area contributed by atoms with Crippen molar-refractivity contribution in [2.75, 3.05) is 36.9 Å². The third-order valence-corrected chi connectivity index (χ3v) is 5.28. The Hall–Kier alpha value is -3.24. The van der Waals surface area contributed by atoms with Gasteiger partial charge in [0.1, 0.15) is 5.82 Å². The minimum Gasteiger partial charge on any atom is -0.379 e. The average Bonchev–Trinajstić information content (AvgIpc) is 2.74. The molecule has 2 unspecified atom stereocenters. The van der Waals surface area contributed by atoms with E-state index in [-0.39, 0.29) is 17.6 Å². The summed E-state index contributed by atoms with van der Waals surface area (Å²) in [6.07, 6.45) is 1.41. The van der Waals surface area contributed by atoms with Crippen LogP contribution < -0.4 is 22.1 Å². The normalized spacial score (nSPS) is 16.3. The van der Waals surface area contributed by atoms with E-state index in [0.29, 0.717) is 5.82 Å². The van der Waals surface area contributed by atoms with Crippen molar-refractivity contribution in [3.63, 3.8) is 0 Å². The van der Waals surface area contributed by atoms with Gasteiger partial charge in [0.25, 0.3) is 5.91 Å². The lowest BCUT2D eigenvalue weighted by Crippen LogP contribution is -2.35. The average molecular weight is 428 g/mol. The van der Waals surface area contributed by atoms with Crippen LogP contribution in [0.15, 0.2) is 30.5 Å². The Morgan fingerprint density at radius 2 is 1.97 bits per heavy atom. The number of hydrogen-bond donors (Lipinski definition) is 4. The molecule has 3 rings (SSSR count). The number of benzene rings is 1. The summed E-state index contributed by atoms with van der Waals surface area (Å²) in [5, 5.41) is 6.24. The fourth-order valence-electron chi connectivity index (χ4n) is 3.23. The van der Waals surface area contributed by atoms with Crippen molar-refractivity contribution in [2.45, 2.75) is 26.4 Å². The molecule has 1 aliphatic rings. The van der Waals surface area contributed by atoms with E-state index in [2.05, 4.69) is 25.5 Å². The number of amides is 2. The second kappa shape index (κ2) is 10.2. The van der Waals surface area contributed by atoms with Crippen LogP contribution >= 0.6 is 0 Å². The van der Waals surface area contributed by atoms with Gasteiger partial charge in [-0.05, 0) is 24.6 Å². The minimum absolute atomic E-state index is 0.0275. The smallest absolute Gasteiger partial charge is 0.271 e. The van der Waals surface area contributed by atoms with Crippen LogP contribution in [0.4, 0.5) is 17.3 Å². The first-order valence-electron chi connectivity index (χ1n) is 10.2. The summed E-state index contributed by atoms with van der Waals surface area (Å²) in [6.45, 7) is 7.61. The molecule has 1 aromatic heterocycles. The molecule has 1 aliphatic heterocycles. The molecule has 6 N–H and O–H groups in total. The fourth-order valence-corrected chi connectivity index (χ4v) is 3.23. The molecule has 0 aliphatic carbocycles. The maximum atomic E-state index is 11.9. The second-order valence-electron chi connectivity index (χ2n) is 7.65. The first kappa shape index (κ1) is 22.4. The highest BCUT2D eigenvalue weighted by molar-refractivity contribution is 5.96. The first-order valence-corrected chi connectivity index (χ1v) is 10.2. The number of anilines is 3. The van der Waals surface area contributed by atoms with Gasteiger partial charge in [0.15, 0.2) is 11.5 Å². The van der Waals surface area contributed by atoms with Crippen LogP contribution in [0, 0.1) is 5.92 Å². The molecule has 10 heteroatoms. The van der Waals surface area contributed by atoms with E-state index in [0.717, 1.165) is 44.1 Å². The summed E-state index contributed by atoms with van der Waals surface area (Å²) in [6, 6.07) is 7.60. The standard InChI is InChI=1S/C21H29N7O3/c1-13(19(22)29)14(2)25-17-11-24-18(20(23)30)21(27-17)26-16-5-3-4-15(10-16)12-28-6-8-31-9-7-28/h3-5,10-11,13-14H,6-9,12H2,1-2H3,(H2,22,29)(H2,23,30)(H2,25,26,27). The lowest BCUT2D eigenvalue weighted by Gasteiger charge is -2.26. The van der Waals surface area contributed by atoms with E-state index in [4.69, 9.17) is 16.2 Å². The lowest BCUT2D eigenvalue weighted by atomic mass is 10.0. The quantitative estimate of drug-likeness (QED) is 0.464. The molecule has 2 amide bonds. The van der Waals surface area contributed by atoms with Crippen molar-refractivity contribution in [3.8, 4) is 0 Å². The molecule has 0 spiro atoms. The maximum Gasteiger partial charge on any atom is 0.271 e. The van der Waals surface area contributed by atoms with Crippen molar-refractivity contribution < 1.29 is 14.3 Å². The molecule has 1 saturated heterocycles. The molecule has 2 atom stereocenters. The van der Waals surface area contributed by atoms with E-state index in [1.54, 1.807) is 6.92 Å². The zero-order chi connectivity index (χ0) is 22.4. The number of nitrogens with zero attached hydrogens (tertiary/aromatic N) is 3. The fraction of sp³-hybridized carbons (Fsp3) is 0.429. The third-order valence-electron chi connectivity index (χ3n) is 5.28. The van der Waals surface area contributed by atoms with Crippen molar-refractivity contribution >= 4 is 29.1 Å². The Morgan fingerprint density at radius 1 is 1.23 bits per heavy atom. The van der Waals surface area contributed by atoms with Crippen LogP contribution in [0.2, 0.25) is 0 Å². The largest absolute Gasteiger partial charge is 0.379 e. The number of carbonyl (C=O) groups excluding carboxylic acids is 2. The van der Waals surface area contributed by atoms with E-state index in [9.17, 15) is 9.59 Å². The Labute approximate surface area is 181 Å². The predicted molar refractivity (Wildman–Crippen MR) is 118 cm³/mol. The van der Waals surface area contributed by atoms with Crippen LogP contribution in [0.1, 0.15) is 29.9 Å². The molecule has 2 heterocycles. The maximum absolute atomic E-state index is 11.9. The monoisotopic (exact) mass is 427 g/mol. The topological polar surface area (TPSA) is 148 Å². The Bertz CT molecular complexity index is 931. The SMILES string of the molecule is CC(Nc1cnc(C(N)=O)c(Nc2cccc(CN3CCOCC3)c2)n1)C(C)C(N)=O. The summed E-state index contributed by atoms with van der Waals surface area (Å²) in [4.78, 5) is 34.2. The van der Waals surface area contributed by atoms with Gasteiger partial charge in [-0.2, -0.15) is 0 Å². The van der Waals surface area contributed by atoms with Gasteiger partial charge in [0.05, 0.1) is 25.3 Å². The molecule has 0 radical (unpaired) electrons. The van der Waals surface area contributed by atoms with Crippen molar-refractivity contribution in [1.82, 2.24) is 14.9 Å². The number of primary amides is 2. The van der Waals surface area contributed by atoms with Crippen molar-refractivity contribution in [2.24, 2.45) is 17.4 Å². The van der Waals surface area contributed by atoms with Gasteiger partial charge >= 0.3 is 0 Å². The number of rotatable bonds is 9. The number of hydrogen-bond acceptors (Lipinski definition) is 8. The first-order chi connectivity index (χ1) is 14.8. The van der Waals surface area contributed by atoms with Gasteiger partial charge in [-0.3, -0.25) is 14.5 Å². The summed E-state index contributed by atoms with van der Waals surface area (Å²) < 4.78 is 5.40. The second-order valence-corrected chi connectivity index (χ2v) is 7.65. The van der Waals surface area contributed by atoms with Crippen molar-refractivity contribution in [3.05, 3.63) is 41.7 Å². The minimum atomic E-state index is -0.690. The van der Waals surface area contributed by atoms with Crippen LogP contribution in [0.25, 0.3) is 0 Å². The molecule has 1 fully saturated rings. The van der Waals surface area contributed by atoms with Gasteiger partial charge in [0, 0.05) is 31.4 Å². The molecular weight excluding hydrogens is 398 g/mol. The highest BCUT2D eigenvalue weighted by Gasteiger charge is 2.20. The number of nitrogens with one attached hydrogen (secondary N) is 2. The number of nitrogens with two attached hydrogens (primary N) is 2. The predicted octanol–water partition coefficient (Wildman–Crippen LogP) is 1.07. The third kappa shape index (κ3) is 6.12. The van der Waals surface area contributed by atoms with E-state index < -0.39 is 17.7 Å². The molecular formula is C21H29N7O3. The Balaban J connectivity index is 1.78. The summed E-state index contributed by atoms with van der Waals surface area (Å²) in [5.41, 5.74) is 12.8. The van der Waals surface area contributed by atoms with Gasteiger partial charge in [-0.1, -0.05) is 19.1 Å². The van der Waals surface area contributed by atoms with E-state index in [1.165, 1.54) is 6.20 Å². The lowest BCUT2D eigenvalue weighted by molar-refractivity contribution is -0.121. The van der Waals surface area contributed by atoms with Crippen LogP contribution in [0.5, 0.6) is 0 Å². The van der Waals surface area contributed by atoms with E-state index in [1.807, 2.05) is 31.2 Å². The highest BCUT2D eigenvalue weighted by atomic mass is 16.5. The number of carbonyl (C=O) groups is 2. The highest BCUT2D eigenvalue weighted by Crippen LogP contribution is 2.22. The Morgan fingerprint density at radius 3 is 2.65 bits per heavy atom. The van der Waals surface area contributed by atoms with Gasteiger partial charge in [-0.15, -0.1) is 0 Å². The van der Waals surface area contributed by atoms with Crippen LogP contribution in [0.3, 0.4) is 0 Å². The van der Waals surface area contributed by atoms with Gasteiger partial charge in [-0.25, -0.2) is 9.97 Å². The van der Waals surface area contributed by atoms with Crippen LogP contribution in [-0.4, -0.2) is 59.0 Å². The summed E-state index contributed by atoms with van der Waals surface area (Å²) in [5.74, 6) is -0.884. The summed E-state index contributed by atoms with van der Waals surface area (Å²) in [7, 11) is 0. The number of ether oxygens (including phenoxy) is 1. The zero-order valence-corrected chi connectivity index (χ0v) is 17.8. The molecule has 31 heavy (non-hydrogen) atoms. The molecule has 166 valence electrons. The van der Waals surface area contributed by atoms with E-state index >= 15 is 0 Å². The van der Waals surface area contributed by atoms with Crippen molar-refractivity contribution in [1.29, 1.82) is 0 Å². The molecule has 0 bridgehead atoms. The molecule has 1 aromatic carbocycles. The number of aromatic nitrogens is 2. The number of morpholine rings is 1. The zero-order valence-electron chi connectivity index (χ0n) is 17.8. The molecule has 2 aromatic rings. The Kier molecular flexibility index (Phi) is 7.37. The molecule has 10 nitrogen and oxygen atoms in total. The van der Waals surface area contributed by atoms with Gasteiger partial charge < -0.3 is 26.8 Å².